The summed E-state index contributed by atoms with van der Waals surface area (Å²) in [5.41, 5.74) is 1.75. The number of carbonyl (C=O) groups excluding carboxylic acids is 1. The maximum Gasteiger partial charge on any atom is 0.255 e. The topological polar surface area (TPSA) is 87.7 Å². The Morgan fingerprint density at radius 1 is 1.17 bits per heavy atom. The van der Waals surface area contributed by atoms with Gasteiger partial charge in [0.15, 0.2) is 0 Å². The molecule has 0 spiro atoms. The van der Waals surface area contributed by atoms with E-state index < -0.39 is 5.54 Å². The first-order valence-corrected chi connectivity index (χ1v) is 10.3. The van der Waals surface area contributed by atoms with Gasteiger partial charge in [0.25, 0.3) is 5.56 Å². The minimum absolute atomic E-state index is 0.0448. The van der Waals surface area contributed by atoms with Crippen LogP contribution in [0.3, 0.4) is 0 Å². The summed E-state index contributed by atoms with van der Waals surface area (Å²) in [4.78, 5) is 36.9. The van der Waals surface area contributed by atoms with Gasteiger partial charge in [-0.2, -0.15) is 0 Å². The highest BCUT2D eigenvalue weighted by Gasteiger charge is 2.30. The molecule has 1 amide bonds. The zero-order chi connectivity index (χ0) is 21.7. The number of carbonyl (C=O) groups is 1. The minimum atomic E-state index is -0.522. The Balaban J connectivity index is 1.84. The van der Waals surface area contributed by atoms with Crippen molar-refractivity contribution in [2.45, 2.75) is 45.6 Å². The Hall–Kier alpha value is -2.99. The normalized spacial score (nSPS) is 11.3. The van der Waals surface area contributed by atoms with E-state index in [1.54, 1.807) is 25.4 Å². The largest absolute Gasteiger partial charge is 0.346 e. The van der Waals surface area contributed by atoms with Crippen molar-refractivity contribution in [1.29, 1.82) is 0 Å². The van der Waals surface area contributed by atoms with Crippen LogP contribution in [0.15, 0.2) is 53.6 Å². The molecule has 0 bridgehead atoms. The fourth-order valence-corrected chi connectivity index (χ4v) is 3.73. The van der Waals surface area contributed by atoms with Crippen molar-refractivity contribution in [3.63, 3.8) is 0 Å². The highest BCUT2D eigenvalue weighted by molar-refractivity contribution is 6.30. The van der Waals surface area contributed by atoms with E-state index in [2.05, 4.69) is 20.3 Å². The van der Waals surface area contributed by atoms with Crippen molar-refractivity contribution in [3.05, 3.63) is 81.0 Å². The fraction of sp³-hybridized carbons (Fsp3) is 0.304. The second-order valence-corrected chi connectivity index (χ2v) is 7.68. The number of aromatic amines is 1. The van der Waals surface area contributed by atoms with Crippen molar-refractivity contribution >= 4 is 17.5 Å². The van der Waals surface area contributed by atoms with Gasteiger partial charge in [0.2, 0.25) is 5.91 Å². The quantitative estimate of drug-likeness (QED) is 0.595. The zero-order valence-electron chi connectivity index (χ0n) is 17.3. The molecule has 2 heterocycles. The van der Waals surface area contributed by atoms with E-state index >= 15 is 0 Å². The van der Waals surface area contributed by atoms with Crippen LogP contribution in [-0.4, -0.2) is 20.9 Å². The fourth-order valence-electron chi connectivity index (χ4n) is 3.61. The molecule has 156 valence electrons. The number of nitrogens with one attached hydrogen (secondary N) is 2. The summed E-state index contributed by atoms with van der Waals surface area (Å²) in [6, 6.07) is 11.1. The van der Waals surface area contributed by atoms with Gasteiger partial charge >= 0.3 is 0 Å². The first kappa shape index (κ1) is 21.7. The van der Waals surface area contributed by atoms with Crippen LogP contribution in [0.25, 0.3) is 11.4 Å². The first-order chi connectivity index (χ1) is 14.4. The molecule has 6 nitrogen and oxygen atoms in total. The smallest absolute Gasteiger partial charge is 0.255 e. The molecule has 0 radical (unpaired) electrons. The van der Waals surface area contributed by atoms with Gasteiger partial charge in [-0.1, -0.05) is 37.6 Å². The molecule has 0 fully saturated rings. The lowest BCUT2D eigenvalue weighted by Gasteiger charge is -2.33. The van der Waals surface area contributed by atoms with E-state index in [0.29, 0.717) is 40.5 Å². The van der Waals surface area contributed by atoms with E-state index in [4.69, 9.17) is 11.6 Å². The number of pyridine rings is 1. The van der Waals surface area contributed by atoms with Gasteiger partial charge in [0.1, 0.15) is 5.82 Å². The Labute approximate surface area is 180 Å². The lowest BCUT2D eigenvalue weighted by atomic mass is 9.84. The third kappa shape index (κ3) is 4.60. The summed E-state index contributed by atoms with van der Waals surface area (Å²) >= 11 is 6.02. The van der Waals surface area contributed by atoms with Crippen molar-refractivity contribution in [1.82, 2.24) is 20.3 Å². The monoisotopic (exact) mass is 424 g/mol. The maximum absolute atomic E-state index is 12.9. The molecule has 0 unspecified atom stereocenters. The highest BCUT2D eigenvalue weighted by atomic mass is 35.5. The number of benzene rings is 1. The number of aromatic nitrogens is 3. The molecule has 0 saturated heterocycles. The predicted molar refractivity (Wildman–Crippen MR) is 118 cm³/mol. The van der Waals surface area contributed by atoms with E-state index in [1.807, 2.05) is 44.2 Å². The third-order valence-corrected chi connectivity index (χ3v) is 5.73. The van der Waals surface area contributed by atoms with E-state index in [1.165, 1.54) is 0 Å². The number of halogens is 1. The van der Waals surface area contributed by atoms with Crippen LogP contribution in [-0.2, 0) is 16.8 Å². The van der Waals surface area contributed by atoms with Crippen LogP contribution in [0.4, 0.5) is 0 Å². The number of hydrogen-bond acceptors (Lipinski definition) is 4. The summed E-state index contributed by atoms with van der Waals surface area (Å²) in [6.07, 6.45) is 4.67. The third-order valence-electron chi connectivity index (χ3n) is 5.48. The molecule has 0 aliphatic heterocycles. The number of aryl methyl sites for hydroxylation is 1. The number of rotatable bonds is 7. The molecule has 7 heteroatoms. The standard InChI is InChI=1S/C23H25ClN4O2/c1-4-23(5-2,17-8-10-18(24)11-9-17)28-20(29)13-19-15(3)26-21(27-22(19)30)16-7-6-12-25-14-16/h6-12,14H,4-5,13H2,1-3H3,(H,28,29)(H,26,27,30). The summed E-state index contributed by atoms with van der Waals surface area (Å²) in [6.45, 7) is 5.80. The number of amides is 1. The van der Waals surface area contributed by atoms with Crippen LogP contribution in [0.5, 0.6) is 0 Å². The lowest BCUT2D eigenvalue weighted by molar-refractivity contribution is -0.122. The van der Waals surface area contributed by atoms with Gasteiger partial charge in [-0.3, -0.25) is 14.6 Å². The van der Waals surface area contributed by atoms with E-state index in [0.717, 1.165) is 5.56 Å². The molecule has 1 aromatic carbocycles. The molecular formula is C23H25ClN4O2. The molecular weight excluding hydrogens is 400 g/mol. The zero-order valence-corrected chi connectivity index (χ0v) is 18.1. The molecule has 30 heavy (non-hydrogen) atoms. The number of H-pyrrole nitrogens is 1. The predicted octanol–water partition coefficient (Wildman–Crippen LogP) is 4.17. The van der Waals surface area contributed by atoms with Gasteiger partial charge in [0, 0.05) is 34.2 Å². The van der Waals surface area contributed by atoms with Crippen molar-refractivity contribution in [3.8, 4) is 11.4 Å². The molecule has 0 aliphatic carbocycles. The van der Waals surface area contributed by atoms with Gasteiger partial charge in [0.05, 0.1) is 12.0 Å². The summed E-state index contributed by atoms with van der Waals surface area (Å²) in [7, 11) is 0. The van der Waals surface area contributed by atoms with Crippen LogP contribution < -0.4 is 10.9 Å². The van der Waals surface area contributed by atoms with Crippen LogP contribution in [0.2, 0.25) is 5.02 Å². The molecule has 0 atom stereocenters. The molecule has 3 aromatic rings. The summed E-state index contributed by atoms with van der Waals surface area (Å²) in [5.74, 6) is 0.213. The summed E-state index contributed by atoms with van der Waals surface area (Å²) < 4.78 is 0. The molecule has 2 aromatic heterocycles. The van der Waals surface area contributed by atoms with E-state index in [9.17, 15) is 9.59 Å². The number of hydrogen-bond donors (Lipinski definition) is 2. The molecule has 0 aliphatic rings. The van der Waals surface area contributed by atoms with Crippen molar-refractivity contribution in [2.24, 2.45) is 0 Å². The van der Waals surface area contributed by atoms with Gasteiger partial charge in [-0.05, 0) is 49.6 Å². The van der Waals surface area contributed by atoms with Crippen LogP contribution in [0.1, 0.15) is 43.5 Å². The highest BCUT2D eigenvalue weighted by Crippen LogP contribution is 2.30. The Morgan fingerprint density at radius 2 is 1.87 bits per heavy atom. The van der Waals surface area contributed by atoms with Gasteiger partial charge in [-0.15, -0.1) is 0 Å². The minimum Gasteiger partial charge on any atom is -0.346 e. The molecule has 0 saturated carbocycles. The average molecular weight is 425 g/mol. The number of nitrogens with zero attached hydrogens (tertiary/aromatic N) is 2. The average Bonchev–Trinajstić information content (AvgIpc) is 2.76. The van der Waals surface area contributed by atoms with Crippen molar-refractivity contribution in [2.75, 3.05) is 0 Å². The molecule has 3 rings (SSSR count). The van der Waals surface area contributed by atoms with Gasteiger partial charge < -0.3 is 10.3 Å². The Bertz CT molecular complexity index is 1070. The lowest BCUT2D eigenvalue weighted by Crippen LogP contribution is -2.46. The SMILES string of the molecule is CCC(CC)(NC(=O)Cc1c(C)nc(-c2cccnc2)[nH]c1=O)c1ccc(Cl)cc1. The first-order valence-electron chi connectivity index (χ1n) is 9.95. The summed E-state index contributed by atoms with van der Waals surface area (Å²) in [5, 5.41) is 3.79. The Morgan fingerprint density at radius 3 is 2.43 bits per heavy atom. The van der Waals surface area contributed by atoms with Crippen LogP contribution in [0, 0.1) is 6.92 Å². The second-order valence-electron chi connectivity index (χ2n) is 7.24. The van der Waals surface area contributed by atoms with Crippen molar-refractivity contribution < 1.29 is 4.79 Å². The van der Waals surface area contributed by atoms with E-state index in [-0.39, 0.29) is 17.9 Å². The molecule has 2 N–H and O–H groups in total. The Kier molecular flexibility index (Phi) is 6.67. The second kappa shape index (κ2) is 9.22. The van der Waals surface area contributed by atoms with Crippen LogP contribution >= 0.6 is 11.6 Å². The van der Waals surface area contributed by atoms with Gasteiger partial charge in [-0.25, -0.2) is 4.98 Å². The maximum atomic E-state index is 12.9.